The summed E-state index contributed by atoms with van der Waals surface area (Å²) >= 11 is 0. The van der Waals surface area contributed by atoms with Crippen molar-refractivity contribution in [3.8, 4) is 22.3 Å². The van der Waals surface area contributed by atoms with Gasteiger partial charge in [-0.3, -0.25) is 0 Å². The van der Waals surface area contributed by atoms with Gasteiger partial charge in [-0.05, 0) is 86.5 Å². The highest BCUT2D eigenvalue weighted by atomic mass is 15.3. The molecule has 2 heteroatoms. The molecule has 4 aromatic carbocycles. The van der Waals surface area contributed by atoms with Gasteiger partial charge in [0.2, 0.25) is 6.71 Å². The Hall–Kier alpha value is -3.26. The summed E-state index contributed by atoms with van der Waals surface area (Å²) in [6.07, 6.45) is 5.13. The van der Waals surface area contributed by atoms with Gasteiger partial charge in [0.1, 0.15) is 0 Å². The van der Waals surface area contributed by atoms with Gasteiger partial charge in [0.25, 0.3) is 0 Å². The Morgan fingerprint density at radius 3 is 2.00 bits per heavy atom. The molecule has 1 fully saturated rings. The van der Waals surface area contributed by atoms with Crippen molar-refractivity contribution in [2.75, 3.05) is 4.90 Å². The average Bonchev–Trinajstić information content (AvgIpc) is 3.39. The van der Waals surface area contributed by atoms with Crippen molar-refractivity contribution >= 4 is 34.5 Å². The van der Waals surface area contributed by atoms with Crippen molar-refractivity contribution in [2.24, 2.45) is 0 Å². The van der Waals surface area contributed by atoms with E-state index >= 15 is 0 Å². The zero-order valence-electron chi connectivity index (χ0n) is 26.8. The van der Waals surface area contributed by atoms with Crippen LogP contribution < -0.4 is 21.3 Å². The maximum absolute atomic E-state index is 2.84. The lowest BCUT2D eigenvalue weighted by atomic mass is 9.37. The number of nitrogens with zero attached hydrogens (tertiary/aromatic N) is 1. The topological polar surface area (TPSA) is 3.24 Å². The summed E-state index contributed by atoms with van der Waals surface area (Å²) in [5, 5.41) is 0. The fourth-order valence-corrected chi connectivity index (χ4v) is 9.04. The number of hydrogen-bond donors (Lipinski definition) is 0. The molecule has 0 spiro atoms. The molecule has 0 bridgehead atoms. The zero-order chi connectivity index (χ0) is 29.4. The third kappa shape index (κ3) is 3.27. The van der Waals surface area contributed by atoms with Crippen LogP contribution >= 0.6 is 0 Å². The summed E-state index contributed by atoms with van der Waals surface area (Å²) in [7, 11) is 0. The van der Waals surface area contributed by atoms with Gasteiger partial charge in [0, 0.05) is 16.8 Å². The second-order valence-corrected chi connectivity index (χ2v) is 16.2. The molecular weight excluding hydrogens is 505 g/mol. The molecule has 1 aliphatic carbocycles. The van der Waals surface area contributed by atoms with Crippen molar-refractivity contribution in [1.29, 1.82) is 0 Å². The normalized spacial score (nSPS) is 23.4. The van der Waals surface area contributed by atoms with Crippen LogP contribution in [-0.4, -0.2) is 12.3 Å². The molecule has 0 aromatic heterocycles. The predicted octanol–water partition coefficient (Wildman–Crippen LogP) is 8.50. The van der Waals surface area contributed by atoms with Gasteiger partial charge in [-0.25, -0.2) is 0 Å². The molecule has 42 heavy (non-hydrogen) atoms. The number of benzene rings is 4. The van der Waals surface area contributed by atoms with Crippen LogP contribution in [0.2, 0.25) is 0 Å². The van der Waals surface area contributed by atoms with Gasteiger partial charge < -0.3 is 4.90 Å². The van der Waals surface area contributed by atoms with Gasteiger partial charge >= 0.3 is 0 Å². The fraction of sp³-hybridized carbons (Fsp3) is 0.400. The molecule has 4 aromatic rings. The minimum absolute atomic E-state index is 0.0719. The Kier molecular flexibility index (Phi) is 5.16. The van der Waals surface area contributed by atoms with Gasteiger partial charge in [0.05, 0.1) is 5.54 Å². The maximum atomic E-state index is 2.84. The quantitative estimate of drug-likeness (QED) is 0.190. The lowest BCUT2D eigenvalue weighted by Crippen LogP contribution is -2.60. The highest BCUT2D eigenvalue weighted by Gasteiger charge is 2.61. The molecule has 3 heterocycles. The Bertz CT molecular complexity index is 1780. The van der Waals surface area contributed by atoms with Crippen molar-refractivity contribution in [3.63, 3.8) is 0 Å². The number of anilines is 2. The van der Waals surface area contributed by atoms with Crippen LogP contribution in [0.4, 0.5) is 11.4 Å². The highest BCUT2D eigenvalue weighted by molar-refractivity contribution is 7.01. The SMILES string of the molecule is CC(C)(C)c1ccc(-c2ccc3c(c2)N2c4c(ccc5c4B3c3ccc(C(C)(C)C)cc3-5)C3(C)CCCCC23C)cc1. The van der Waals surface area contributed by atoms with Crippen molar-refractivity contribution < 1.29 is 0 Å². The molecule has 0 radical (unpaired) electrons. The van der Waals surface area contributed by atoms with Crippen LogP contribution in [0, 0.1) is 0 Å². The Morgan fingerprint density at radius 1 is 0.643 bits per heavy atom. The van der Waals surface area contributed by atoms with Gasteiger partial charge in [-0.2, -0.15) is 0 Å². The van der Waals surface area contributed by atoms with Gasteiger partial charge in [-0.1, -0.05) is 134 Å². The average molecular weight is 550 g/mol. The van der Waals surface area contributed by atoms with E-state index in [1.54, 1.807) is 11.0 Å². The van der Waals surface area contributed by atoms with Crippen LogP contribution in [0.25, 0.3) is 22.3 Å². The van der Waals surface area contributed by atoms with Crippen molar-refractivity contribution in [3.05, 3.63) is 89.5 Å². The molecular formula is C40H44BN. The summed E-state index contributed by atoms with van der Waals surface area (Å²) < 4.78 is 0. The third-order valence-electron chi connectivity index (χ3n) is 11.8. The second kappa shape index (κ2) is 8.22. The minimum Gasteiger partial charge on any atom is -0.335 e. The molecule has 1 saturated carbocycles. The third-order valence-corrected chi connectivity index (χ3v) is 11.8. The first kappa shape index (κ1) is 26.4. The first-order valence-corrected chi connectivity index (χ1v) is 16.2. The van der Waals surface area contributed by atoms with E-state index in [1.807, 2.05) is 0 Å². The first-order chi connectivity index (χ1) is 19.8. The first-order valence-electron chi connectivity index (χ1n) is 16.2. The van der Waals surface area contributed by atoms with Gasteiger partial charge in [-0.15, -0.1) is 0 Å². The summed E-state index contributed by atoms with van der Waals surface area (Å²) in [6.45, 7) is 19.3. The smallest absolute Gasteiger partial charge is 0.248 e. The van der Waals surface area contributed by atoms with Crippen molar-refractivity contribution in [1.82, 2.24) is 0 Å². The molecule has 0 saturated heterocycles. The van der Waals surface area contributed by atoms with E-state index in [-0.39, 0.29) is 21.8 Å². The summed E-state index contributed by atoms with van der Waals surface area (Å²) in [5.74, 6) is 0. The Morgan fingerprint density at radius 2 is 1.29 bits per heavy atom. The Labute approximate surface area is 253 Å². The predicted molar refractivity (Wildman–Crippen MR) is 182 cm³/mol. The fourth-order valence-electron chi connectivity index (χ4n) is 9.04. The molecule has 0 amide bonds. The number of fused-ring (bicyclic) bond motifs is 9. The van der Waals surface area contributed by atoms with E-state index < -0.39 is 0 Å². The van der Waals surface area contributed by atoms with Crippen molar-refractivity contribution in [2.45, 2.75) is 103 Å². The lowest BCUT2D eigenvalue weighted by Gasteiger charge is -2.51. The summed E-state index contributed by atoms with van der Waals surface area (Å²) in [4.78, 5) is 2.84. The molecule has 3 aliphatic heterocycles. The van der Waals surface area contributed by atoms with Crippen LogP contribution in [0.5, 0.6) is 0 Å². The van der Waals surface area contributed by atoms with Crippen LogP contribution in [0.3, 0.4) is 0 Å². The number of hydrogen-bond acceptors (Lipinski definition) is 1. The molecule has 1 nitrogen and oxygen atoms in total. The molecule has 0 N–H and O–H groups in total. The minimum atomic E-state index is 0.0719. The van der Waals surface area contributed by atoms with E-state index in [4.69, 9.17) is 0 Å². The number of rotatable bonds is 1. The van der Waals surface area contributed by atoms with E-state index in [0.717, 1.165) is 0 Å². The molecule has 4 aliphatic rings. The molecule has 2 atom stereocenters. The highest BCUT2D eigenvalue weighted by Crippen LogP contribution is 2.62. The molecule has 8 rings (SSSR count). The summed E-state index contributed by atoms with van der Waals surface area (Å²) in [6, 6.07) is 29.1. The summed E-state index contributed by atoms with van der Waals surface area (Å²) in [5.41, 5.74) is 17.9. The van der Waals surface area contributed by atoms with E-state index in [1.165, 1.54) is 81.4 Å². The lowest BCUT2D eigenvalue weighted by molar-refractivity contribution is 0.195. The van der Waals surface area contributed by atoms with Crippen LogP contribution in [0.15, 0.2) is 72.8 Å². The zero-order valence-corrected chi connectivity index (χ0v) is 26.8. The Balaban J connectivity index is 1.39. The largest absolute Gasteiger partial charge is 0.335 e. The maximum Gasteiger partial charge on any atom is 0.248 e. The van der Waals surface area contributed by atoms with Gasteiger partial charge in [0.15, 0.2) is 0 Å². The monoisotopic (exact) mass is 549 g/mol. The molecule has 2 unspecified atom stereocenters. The van der Waals surface area contributed by atoms with E-state index in [2.05, 4.69) is 133 Å². The second-order valence-electron chi connectivity index (χ2n) is 16.2. The standard InChI is InChI=1S/C40H44BN/c1-37(2,3)27-14-11-25(12-15-27)26-13-19-33-34(23-26)42-36-31(39(7)21-9-10-22-40(39,42)8)18-17-29-30-24-28(38(4,5)6)16-20-32(30)41(33)35(29)36/h11-20,23-24H,9-10,21-22H2,1-8H3. The van der Waals surface area contributed by atoms with E-state index in [9.17, 15) is 0 Å². The molecule has 212 valence electrons. The van der Waals surface area contributed by atoms with Crippen LogP contribution in [-0.2, 0) is 16.2 Å². The van der Waals surface area contributed by atoms with E-state index in [0.29, 0.717) is 6.71 Å². The van der Waals surface area contributed by atoms with Crippen LogP contribution in [0.1, 0.15) is 97.8 Å².